The molecule has 1 aliphatic carbocycles. The number of hydrogen-bond donors (Lipinski definition) is 1. The molecule has 1 heterocycles. The largest absolute Gasteiger partial charge is 0.380 e. The van der Waals surface area contributed by atoms with Gasteiger partial charge in [-0.15, -0.1) is 0 Å². The molecule has 1 unspecified atom stereocenters. The van der Waals surface area contributed by atoms with E-state index in [0.717, 1.165) is 31.7 Å². The molecule has 0 spiro atoms. The average Bonchev–Trinajstić information content (AvgIpc) is 3.15. The van der Waals surface area contributed by atoms with Crippen LogP contribution < -0.4 is 5.32 Å². The highest BCUT2D eigenvalue weighted by Crippen LogP contribution is 2.28. The van der Waals surface area contributed by atoms with Crippen molar-refractivity contribution in [2.75, 3.05) is 39.4 Å². The Kier molecular flexibility index (Phi) is 5.75. The standard InChI is InChI=1S/C14H28N2O/c1-2-16-9-3-4-14(7-10-16)15-8-11-17-12-13-5-6-13/h13-15H,2-12H2,1H3. The summed E-state index contributed by atoms with van der Waals surface area (Å²) < 4.78 is 5.65. The van der Waals surface area contributed by atoms with Crippen molar-refractivity contribution in [2.24, 2.45) is 5.92 Å². The van der Waals surface area contributed by atoms with E-state index >= 15 is 0 Å². The van der Waals surface area contributed by atoms with Crippen LogP contribution in [0.2, 0.25) is 0 Å². The van der Waals surface area contributed by atoms with Gasteiger partial charge < -0.3 is 15.0 Å². The fourth-order valence-electron chi connectivity index (χ4n) is 2.55. The minimum Gasteiger partial charge on any atom is -0.380 e. The van der Waals surface area contributed by atoms with Crippen molar-refractivity contribution >= 4 is 0 Å². The number of hydrogen-bond acceptors (Lipinski definition) is 3. The van der Waals surface area contributed by atoms with E-state index in [4.69, 9.17) is 4.74 Å². The summed E-state index contributed by atoms with van der Waals surface area (Å²) in [5.74, 6) is 0.894. The van der Waals surface area contributed by atoms with E-state index in [9.17, 15) is 0 Å². The molecule has 1 N–H and O–H groups in total. The van der Waals surface area contributed by atoms with Crippen LogP contribution in [-0.4, -0.2) is 50.3 Å². The third kappa shape index (κ3) is 5.36. The van der Waals surface area contributed by atoms with E-state index in [0.29, 0.717) is 0 Å². The number of nitrogens with zero attached hydrogens (tertiary/aromatic N) is 1. The van der Waals surface area contributed by atoms with Gasteiger partial charge in [-0.1, -0.05) is 6.92 Å². The lowest BCUT2D eigenvalue weighted by Gasteiger charge is -2.18. The van der Waals surface area contributed by atoms with E-state index in [1.807, 2.05) is 0 Å². The van der Waals surface area contributed by atoms with Crippen molar-refractivity contribution in [3.05, 3.63) is 0 Å². The fraction of sp³-hybridized carbons (Fsp3) is 1.00. The first-order chi connectivity index (χ1) is 8.38. The lowest BCUT2D eigenvalue weighted by atomic mass is 10.1. The zero-order valence-corrected chi connectivity index (χ0v) is 11.3. The van der Waals surface area contributed by atoms with Gasteiger partial charge in [-0.3, -0.25) is 0 Å². The summed E-state index contributed by atoms with van der Waals surface area (Å²) in [6.07, 6.45) is 6.76. The fourth-order valence-corrected chi connectivity index (χ4v) is 2.55. The number of nitrogens with one attached hydrogen (secondary N) is 1. The van der Waals surface area contributed by atoms with Gasteiger partial charge >= 0.3 is 0 Å². The maximum Gasteiger partial charge on any atom is 0.0591 e. The second-order valence-electron chi connectivity index (χ2n) is 5.53. The normalized spacial score (nSPS) is 27.0. The van der Waals surface area contributed by atoms with Gasteiger partial charge in [-0.05, 0) is 57.7 Å². The maximum absolute atomic E-state index is 5.65. The molecule has 0 bridgehead atoms. The van der Waals surface area contributed by atoms with Crippen LogP contribution in [0.15, 0.2) is 0 Å². The summed E-state index contributed by atoms with van der Waals surface area (Å²) in [7, 11) is 0. The molecular weight excluding hydrogens is 212 g/mol. The molecule has 0 aromatic carbocycles. The average molecular weight is 240 g/mol. The van der Waals surface area contributed by atoms with Crippen molar-refractivity contribution in [1.82, 2.24) is 10.2 Å². The molecule has 0 radical (unpaired) electrons. The summed E-state index contributed by atoms with van der Waals surface area (Å²) in [4.78, 5) is 2.56. The van der Waals surface area contributed by atoms with Gasteiger partial charge in [0.2, 0.25) is 0 Å². The lowest BCUT2D eigenvalue weighted by molar-refractivity contribution is 0.123. The van der Waals surface area contributed by atoms with Crippen molar-refractivity contribution in [3.63, 3.8) is 0 Å². The van der Waals surface area contributed by atoms with Gasteiger partial charge in [0, 0.05) is 19.2 Å². The minimum atomic E-state index is 0.719. The predicted octanol–water partition coefficient (Wildman–Crippen LogP) is 1.88. The van der Waals surface area contributed by atoms with E-state index in [1.54, 1.807) is 0 Å². The van der Waals surface area contributed by atoms with Crippen molar-refractivity contribution in [1.29, 1.82) is 0 Å². The van der Waals surface area contributed by atoms with Crippen molar-refractivity contribution < 1.29 is 4.74 Å². The molecule has 1 aliphatic heterocycles. The maximum atomic E-state index is 5.65. The molecule has 17 heavy (non-hydrogen) atoms. The summed E-state index contributed by atoms with van der Waals surface area (Å²) >= 11 is 0. The molecule has 0 aromatic rings. The van der Waals surface area contributed by atoms with Crippen LogP contribution in [0.1, 0.15) is 39.0 Å². The quantitative estimate of drug-likeness (QED) is 0.688. The van der Waals surface area contributed by atoms with Crippen LogP contribution in [0, 0.1) is 5.92 Å². The lowest BCUT2D eigenvalue weighted by Crippen LogP contribution is -2.33. The van der Waals surface area contributed by atoms with Crippen LogP contribution in [0.25, 0.3) is 0 Å². The first kappa shape index (κ1) is 13.3. The first-order valence-corrected chi connectivity index (χ1v) is 7.42. The van der Waals surface area contributed by atoms with E-state index in [1.165, 1.54) is 51.7 Å². The molecule has 2 aliphatic rings. The zero-order valence-electron chi connectivity index (χ0n) is 11.3. The predicted molar refractivity (Wildman–Crippen MR) is 71.3 cm³/mol. The third-order valence-corrected chi connectivity index (χ3v) is 4.00. The Bertz CT molecular complexity index is 206. The highest BCUT2D eigenvalue weighted by atomic mass is 16.5. The summed E-state index contributed by atoms with van der Waals surface area (Å²) in [5.41, 5.74) is 0. The van der Waals surface area contributed by atoms with Gasteiger partial charge in [0.1, 0.15) is 0 Å². The molecule has 3 heteroatoms. The van der Waals surface area contributed by atoms with Gasteiger partial charge in [0.25, 0.3) is 0 Å². The Morgan fingerprint density at radius 1 is 1.18 bits per heavy atom. The second-order valence-corrected chi connectivity index (χ2v) is 5.53. The summed E-state index contributed by atoms with van der Waals surface area (Å²) in [6, 6.07) is 0.719. The summed E-state index contributed by atoms with van der Waals surface area (Å²) in [5, 5.41) is 3.65. The van der Waals surface area contributed by atoms with E-state index in [-0.39, 0.29) is 0 Å². The van der Waals surface area contributed by atoms with Crippen LogP contribution in [0.5, 0.6) is 0 Å². The number of likely N-dealkylation sites (tertiary alicyclic amines) is 1. The monoisotopic (exact) mass is 240 g/mol. The van der Waals surface area contributed by atoms with Gasteiger partial charge in [-0.25, -0.2) is 0 Å². The molecule has 1 atom stereocenters. The van der Waals surface area contributed by atoms with Gasteiger partial charge in [0.15, 0.2) is 0 Å². The summed E-state index contributed by atoms with van der Waals surface area (Å²) in [6.45, 7) is 8.94. The molecular formula is C14H28N2O. The first-order valence-electron chi connectivity index (χ1n) is 7.42. The smallest absolute Gasteiger partial charge is 0.0591 e. The molecule has 2 fully saturated rings. The van der Waals surface area contributed by atoms with Crippen LogP contribution in [-0.2, 0) is 4.74 Å². The number of ether oxygens (including phenoxy) is 1. The van der Waals surface area contributed by atoms with Crippen LogP contribution in [0.4, 0.5) is 0 Å². The Balaban J connectivity index is 1.49. The molecule has 3 nitrogen and oxygen atoms in total. The Morgan fingerprint density at radius 3 is 2.82 bits per heavy atom. The molecule has 1 saturated heterocycles. The van der Waals surface area contributed by atoms with Gasteiger partial charge in [-0.2, -0.15) is 0 Å². The van der Waals surface area contributed by atoms with E-state index in [2.05, 4.69) is 17.1 Å². The SMILES string of the molecule is CCN1CCCC(NCCOCC2CC2)CC1. The topological polar surface area (TPSA) is 24.5 Å². The third-order valence-electron chi connectivity index (χ3n) is 4.00. The number of rotatable bonds is 7. The minimum absolute atomic E-state index is 0.719. The Hall–Kier alpha value is -0.120. The molecule has 0 amide bonds. The molecule has 2 rings (SSSR count). The molecule has 0 aromatic heterocycles. The van der Waals surface area contributed by atoms with Crippen LogP contribution in [0.3, 0.4) is 0 Å². The van der Waals surface area contributed by atoms with E-state index < -0.39 is 0 Å². The molecule has 1 saturated carbocycles. The Morgan fingerprint density at radius 2 is 2.06 bits per heavy atom. The highest BCUT2D eigenvalue weighted by Gasteiger charge is 2.21. The highest BCUT2D eigenvalue weighted by molar-refractivity contribution is 4.75. The molecule has 100 valence electrons. The zero-order chi connectivity index (χ0) is 11.9. The Labute approximate surface area is 106 Å². The van der Waals surface area contributed by atoms with Gasteiger partial charge in [0.05, 0.1) is 6.61 Å². The second kappa shape index (κ2) is 7.34. The van der Waals surface area contributed by atoms with Crippen molar-refractivity contribution in [3.8, 4) is 0 Å². The van der Waals surface area contributed by atoms with Crippen molar-refractivity contribution in [2.45, 2.75) is 45.1 Å². The van der Waals surface area contributed by atoms with Crippen LogP contribution >= 0.6 is 0 Å².